The van der Waals surface area contributed by atoms with Crippen LogP contribution in [-0.2, 0) is 4.79 Å². The molecule has 6 rings (SSSR count). The largest absolute Gasteiger partial charge is 0.503 e. The lowest BCUT2D eigenvalue weighted by Crippen LogP contribution is -2.32. The van der Waals surface area contributed by atoms with Crippen molar-refractivity contribution in [1.29, 1.82) is 0 Å². The third-order valence-corrected chi connectivity index (χ3v) is 6.01. The summed E-state index contributed by atoms with van der Waals surface area (Å²) in [6, 6.07) is 16.6. The third-order valence-electron chi connectivity index (χ3n) is 6.01. The number of amides is 1. The molecule has 4 heterocycles. The number of para-hydroxylation sites is 3. The van der Waals surface area contributed by atoms with Crippen LogP contribution in [0.3, 0.4) is 0 Å². The molecular weight excluding hydrogens is 448 g/mol. The summed E-state index contributed by atoms with van der Waals surface area (Å²) in [5.74, 6) is -1.41. The van der Waals surface area contributed by atoms with Crippen LogP contribution in [0.25, 0.3) is 22.0 Å². The number of fused-ring (bicyclic) bond motifs is 2. The van der Waals surface area contributed by atoms with Gasteiger partial charge < -0.3 is 19.2 Å². The van der Waals surface area contributed by atoms with Crippen LogP contribution in [0.5, 0.6) is 5.75 Å². The first-order chi connectivity index (χ1) is 17.1. The number of benzene rings is 2. The first-order valence-corrected chi connectivity index (χ1v) is 10.8. The molecule has 1 aliphatic rings. The molecule has 3 aromatic heterocycles. The molecule has 1 aliphatic heterocycles. The van der Waals surface area contributed by atoms with Gasteiger partial charge in [-0.3, -0.25) is 19.5 Å². The molecule has 2 N–H and O–H groups in total. The van der Waals surface area contributed by atoms with Crippen molar-refractivity contribution in [2.45, 2.75) is 6.04 Å². The Morgan fingerprint density at radius 3 is 2.77 bits per heavy atom. The number of methoxy groups -OCH3 is 1. The molecule has 5 aromatic rings. The Hall–Kier alpha value is -4.92. The number of imidazole rings is 1. The number of aliphatic hydroxyl groups is 1. The number of Topliss-reactive ketones (excluding diaryl/α,β-unsaturated/α-hetero) is 1. The topological polar surface area (TPSA) is 122 Å². The second-order valence-corrected chi connectivity index (χ2v) is 8.02. The summed E-state index contributed by atoms with van der Waals surface area (Å²) < 4.78 is 11.2. The number of carbonyl (C=O) groups excluding carboxylic acids is 2. The lowest BCUT2D eigenvalue weighted by Gasteiger charge is -2.23. The molecule has 0 saturated carbocycles. The van der Waals surface area contributed by atoms with Gasteiger partial charge in [-0.15, -0.1) is 0 Å². The molecule has 172 valence electrons. The summed E-state index contributed by atoms with van der Waals surface area (Å²) in [6.07, 6.45) is 3.13. The number of hydrogen-bond donors (Lipinski definition) is 2. The third kappa shape index (κ3) is 3.17. The highest BCUT2D eigenvalue weighted by Gasteiger charge is 2.46. The molecule has 0 saturated heterocycles. The lowest BCUT2D eigenvalue weighted by molar-refractivity contribution is -0.117. The fourth-order valence-electron chi connectivity index (χ4n) is 4.40. The van der Waals surface area contributed by atoms with Gasteiger partial charge in [0, 0.05) is 17.8 Å². The summed E-state index contributed by atoms with van der Waals surface area (Å²) in [4.78, 5) is 40.1. The molecule has 0 fully saturated rings. The van der Waals surface area contributed by atoms with Crippen LogP contribution < -0.4 is 9.64 Å². The molecule has 1 amide bonds. The van der Waals surface area contributed by atoms with E-state index in [1.165, 1.54) is 12.0 Å². The quantitative estimate of drug-likeness (QED) is 0.366. The Morgan fingerprint density at radius 1 is 1.14 bits per heavy atom. The van der Waals surface area contributed by atoms with Crippen LogP contribution in [0.15, 0.2) is 88.8 Å². The van der Waals surface area contributed by atoms with Crippen molar-refractivity contribution in [3.8, 4) is 5.75 Å². The number of nitrogens with one attached hydrogen (secondary N) is 1. The van der Waals surface area contributed by atoms with E-state index in [9.17, 15) is 14.7 Å². The zero-order valence-electron chi connectivity index (χ0n) is 18.4. The van der Waals surface area contributed by atoms with Gasteiger partial charge in [-0.1, -0.05) is 30.3 Å². The van der Waals surface area contributed by atoms with Gasteiger partial charge >= 0.3 is 0 Å². The number of carbonyl (C=O) groups is 2. The smallest absolute Gasteiger partial charge is 0.296 e. The number of aromatic amines is 1. The minimum atomic E-state index is -0.973. The Morgan fingerprint density at radius 2 is 2.00 bits per heavy atom. The maximum Gasteiger partial charge on any atom is 0.296 e. The average molecular weight is 466 g/mol. The maximum absolute atomic E-state index is 13.7. The predicted octanol–water partition coefficient (Wildman–Crippen LogP) is 4.50. The van der Waals surface area contributed by atoms with Crippen LogP contribution >= 0.6 is 0 Å². The number of pyridine rings is 1. The van der Waals surface area contributed by atoms with E-state index in [0.717, 1.165) is 0 Å². The predicted molar refractivity (Wildman–Crippen MR) is 127 cm³/mol. The van der Waals surface area contributed by atoms with Crippen LogP contribution in [0.4, 0.5) is 5.95 Å². The number of hydrogen-bond acceptors (Lipinski definition) is 7. The summed E-state index contributed by atoms with van der Waals surface area (Å²) >= 11 is 0. The van der Waals surface area contributed by atoms with E-state index in [-0.39, 0.29) is 17.3 Å². The molecule has 0 spiro atoms. The number of ether oxygens (including phenoxy) is 1. The monoisotopic (exact) mass is 466 g/mol. The van der Waals surface area contributed by atoms with Gasteiger partial charge in [0.2, 0.25) is 11.7 Å². The van der Waals surface area contributed by atoms with Crippen LogP contribution in [-0.4, -0.2) is 38.9 Å². The number of aliphatic hydroxyl groups excluding tert-OH is 1. The standard InChI is InChI=1S/C26H18N4O5/c1-34-18-10-4-6-14-12-19(35-24(14)18)22(31)20-21(15-7-5-11-27-13-15)30(25(33)23(20)32)26-28-16-8-2-3-9-17(16)29-26/h2-13,21,32H,1H3,(H,28,29). The average Bonchev–Trinajstić information content (AvgIpc) is 3.58. The van der Waals surface area contributed by atoms with Crippen molar-refractivity contribution in [3.63, 3.8) is 0 Å². The molecule has 2 aromatic carbocycles. The molecule has 0 aliphatic carbocycles. The van der Waals surface area contributed by atoms with E-state index < -0.39 is 23.5 Å². The van der Waals surface area contributed by atoms with Crippen molar-refractivity contribution in [1.82, 2.24) is 15.0 Å². The molecule has 9 heteroatoms. The van der Waals surface area contributed by atoms with Crippen molar-refractivity contribution < 1.29 is 23.8 Å². The van der Waals surface area contributed by atoms with E-state index in [1.54, 1.807) is 54.9 Å². The first kappa shape index (κ1) is 20.7. The number of H-pyrrole nitrogens is 1. The second kappa shape index (κ2) is 7.84. The van der Waals surface area contributed by atoms with E-state index in [4.69, 9.17) is 9.15 Å². The highest BCUT2D eigenvalue weighted by atomic mass is 16.5. The normalized spacial score (nSPS) is 16.0. The Kier molecular flexibility index (Phi) is 4.63. The number of rotatable bonds is 5. The summed E-state index contributed by atoms with van der Waals surface area (Å²) in [6.45, 7) is 0. The van der Waals surface area contributed by atoms with E-state index in [2.05, 4.69) is 15.0 Å². The highest BCUT2D eigenvalue weighted by molar-refractivity contribution is 6.20. The zero-order valence-corrected chi connectivity index (χ0v) is 18.4. The highest BCUT2D eigenvalue weighted by Crippen LogP contribution is 2.42. The van der Waals surface area contributed by atoms with Gasteiger partial charge in [0.15, 0.2) is 22.9 Å². The van der Waals surface area contributed by atoms with Gasteiger partial charge in [-0.2, -0.15) is 0 Å². The van der Waals surface area contributed by atoms with Crippen molar-refractivity contribution >= 4 is 39.6 Å². The fraction of sp³-hybridized carbons (Fsp3) is 0.0769. The fourth-order valence-corrected chi connectivity index (χ4v) is 4.40. The zero-order chi connectivity index (χ0) is 24.1. The van der Waals surface area contributed by atoms with Crippen LogP contribution in [0.1, 0.15) is 22.2 Å². The van der Waals surface area contributed by atoms with Crippen molar-refractivity contribution in [2.24, 2.45) is 0 Å². The summed E-state index contributed by atoms with van der Waals surface area (Å²) in [5.41, 5.74) is 2.16. The molecule has 0 bridgehead atoms. The van der Waals surface area contributed by atoms with Crippen LogP contribution in [0.2, 0.25) is 0 Å². The number of nitrogens with zero attached hydrogens (tertiary/aromatic N) is 3. The SMILES string of the molecule is COc1cccc2cc(C(=O)C3=C(O)C(=O)N(c4nc5ccccc5[nH]4)C3c3cccnc3)oc12. The number of anilines is 1. The van der Waals surface area contributed by atoms with Gasteiger partial charge in [0.05, 0.1) is 29.8 Å². The van der Waals surface area contributed by atoms with E-state index in [0.29, 0.717) is 33.3 Å². The minimum Gasteiger partial charge on any atom is -0.503 e. The Bertz CT molecular complexity index is 1620. The molecule has 1 unspecified atom stereocenters. The molecule has 1 atom stereocenters. The lowest BCUT2D eigenvalue weighted by atomic mass is 9.96. The number of ketones is 1. The van der Waals surface area contributed by atoms with Gasteiger partial charge in [0.25, 0.3) is 5.91 Å². The Labute approximate surface area is 198 Å². The van der Waals surface area contributed by atoms with Crippen molar-refractivity contribution in [3.05, 3.63) is 95.7 Å². The molecular formula is C26H18N4O5. The Balaban J connectivity index is 1.50. The molecule has 9 nitrogen and oxygen atoms in total. The van der Waals surface area contributed by atoms with E-state index in [1.807, 2.05) is 18.2 Å². The number of furan rings is 1. The molecule has 35 heavy (non-hydrogen) atoms. The van der Waals surface area contributed by atoms with Crippen LogP contribution in [0, 0.1) is 0 Å². The number of aromatic nitrogens is 3. The van der Waals surface area contributed by atoms with Gasteiger partial charge in [0.1, 0.15) is 0 Å². The maximum atomic E-state index is 13.7. The second-order valence-electron chi connectivity index (χ2n) is 8.02. The molecule has 0 radical (unpaired) electrons. The van der Waals surface area contributed by atoms with Crippen molar-refractivity contribution in [2.75, 3.05) is 12.0 Å². The first-order valence-electron chi connectivity index (χ1n) is 10.8. The summed E-state index contributed by atoms with van der Waals surface area (Å²) in [5, 5.41) is 11.6. The van der Waals surface area contributed by atoms with E-state index >= 15 is 0 Å². The van der Waals surface area contributed by atoms with Gasteiger partial charge in [-0.25, -0.2) is 4.98 Å². The summed E-state index contributed by atoms with van der Waals surface area (Å²) in [7, 11) is 1.51. The minimum absolute atomic E-state index is 0.0285. The van der Waals surface area contributed by atoms with Gasteiger partial charge in [-0.05, 0) is 35.9 Å².